The fourth-order valence-electron chi connectivity index (χ4n) is 9.51. The van der Waals surface area contributed by atoms with Crippen molar-refractivity contribution in [1.29, 1.82) is 0 Å². The number of hydrogen-bond donors (Lipinski definition) is 6. The van der Waals surface area contributed by atoms with E-state index < -0.39 is 97.4 Å². The number of phenols is 4. The van der Waals surface area contributed by atoms with Gasteiger partial charge in [0.25, 0.3) is 10.5 Å². The van der Waals surface area contributed by atoms with Crippen LogP contribution >= 0.6 is 82.8 Å². The maximum Gasteiger partial charge on any atom is 0.346 e. The average molecular weight is 1950 g/mol. The molecule has 3 heterocycles. The van der Waals surface area contributed by atoms with Crippen molar-refractivity contribution in [2.75, 3.05) is 0 Å². The largest absolute Gasteiger partial charge is 0.508 e. The van der Waals surface area contributed by atoms with Crippen molar-refractivity contribution in [2.45, 2.75) is 148 Å². The Bertz CT molecular complexity index is 5390. The summed E-state index contributed by atoms with van der Waals surface area (Å²) in [5.41, 5.74) is -0.177. The molecule has 0 radical (unpaired) electrons. The molecule has 0 atom stereocenters. The molecule has 33 nitrogen and oxygen atoms in total. The van der Waals surface area contributed by atoms with E-state index in [9.17, 15) is 91.4 Å². The van der Waals surface area contributed by atoms with E-state index in [1.165, 1.54) is 161 Å². The summed E-state index contributed by atoms with van der Waals surface area (Å²) >= 11 is 35.4. The van der Waals surface area contributed by atoms with Gasteiger partial charge in [0, 0.05) is 46.1 Å². The van der Waals surface area contributed by atoms with Crippen LogP contribution in [0.1, 0.15) is 293 Å². The minimum absolute atomic E-state index is 0.00245. The van der Waals surface area contributed by atoms with Gasteiger partial charge in [-0.15, -0.1) is 0 Å². The summed E-state index contributed by atoms with van der Waals surface area (Å²) < 4.78 is 39.5. The molecule has 129 heavy (non-hydrogen) atoms. The zero-order valence-corrected chi connectivity index (χ0v) is 77.5. The Morgan fingerprint density at radius 1 is 0.318 bits per heavy atom. The fourth-order valence-corrected chi connectivity index (χ4v) is 9.77. The number of hydrogen-bond acceptors (Lipinski definition) is 31. The molecule has 0 amide bonds. The number of cyclic esters (lactones) is 6. The number of unbranched alkanes of at least 4 members (excludes halogenated alkanes) is 3. The Labute approximate surface area is 772 Å². The Kier molecular flexibility index (Phi) is 49.4. The van der Waals surface area contributed by atoms with Gasteiger partial charge in [-0.2, -0.15) is 0 Å². The van der Waals surface area contributed by atoms with E-state index in [2.05, 4.69) is 28.1 Å². The number of Topliss-reactive ketones (excluding diaryl/α,β-unsaturated/α-hetero) is 2. The summed E-state index contributed by atoms with van der Waals surface area (Å²) in [7, 11) is 0. The summed E-state index contributed by atoms with van der Waals surface area (Å²) in [6, 6.07) is 30.2. The monoisotopic (exact) mass is 1950 g/mol. The summed E-state index contributed by atoms with van der Waals surface area (Å²) in [6.07, 6.45) is 6.20. The first-order valence-electron chi connectivity index (χ1n) is 38.4. The number of carboxylic acids is 2. The molecule has 0 spiro atoms. The average Bonchev–Trinajstić information content (AvgIpc) is 1.63. The first-order chi connectivity index (χ1) is 60.4. The van der Waals surface area contributed by atoms with Crippen LogP contribution in [0.25, 0.3) is 0 Å². The van der Waals surface area contributed by atoms with Crippen LogP contribution in [0.5, 0.6) is 57.5 Å². The molecule has 692 valence electrons. The van der Waals surface area contributed by atoms with Gasteiger partial charge in [0.1, 0.15) is 68.6 Å². The Morgan fingerprint density at radius 2 is 0.612 bits per heavy atom. The number of aromatic hydroxyl groups is 4. The van der Waals surface area contributed by atoms with Crippen LogP contribution < -0.4 is 28.4 Å². The molecule has 0 fully saturated rings. The molecule has 8 aromatic carbocycles. The van der Waals surface area contributed by atoms with Gasteiger partial charge in [0.2, 0.25) is 0 Å². The van der Waals surface area contributed by atoms with Crippen LogP contribution in [0.4, 0.5) is 0 Å². The maximum absolute atomic E-state index is 13.0. The van der Waals surface area contributed by atoms with Crippen molar-refractivity contribution >= 4 is 188 Å². The van der Waals surface area contributed by atoms with Crippen LogP contribution in [0.3, 0.4) is 0 Å². The van der Waals surface area contributed by atoms with Crippen molar-refractivity contribution in [2.24, 2.45) is 0 Å². The molecule has 0 aliphatic carbocycles. The molecule has 0 bridgehead atoms. The molecule has 11 rings (SSSR count). The normalized spacial score (nSPS) is 11.3. The molecule has 41 heteroatoms. The minimum atomic E-state index is -3.69. The van der Waals surface area contributed by atoms with Gasteiger partial charge in [-0.1, -0.05) is 94.9 Å². The summed E-state index contributed by atoms with van der Waals surface area (Å²) in [6.45, 7) is 25.0. The zero-order valence-electron chi connectivity index (χ0n) is 71.3. The Balaban J connectivity index is 0.000000794. The number of aromatic carboxylic acids is 2. The van der Waals surface area contributed by atoms with E-state index in [0.717, 1.165) is 44.4 Å². The SMILES string of the molecule is CC.CC.CC.CC(=O)Oc1ccc(OC(C)=O)c(C(=O)Cl)c1.CC(=O)Oc1ccc(OC(C)=O)c(C(=O)O)c1.CCCC.CCCCC(=O)c1cc(O)ccc1O.CCCCC(=O)c1cc(OC(=O)c2ccc3c(c2)C(=O)OC3=O)ccc1OC(=O)c1ccc2c(c1)C(=O)OC2=O.ClP(Cl)(Cl)(Cl)Cl.O=C(Cl)c1ccc2c(c1)C(=O)OC2=O.O=C(O)c1cc(O)ccc1O. The van der Waals surface area contributed by atoms with Crippen LogP contribution in [-0.4, -0.2) is 136 Å². The van der Waals surface area contributed by atoms with E-state index in [-0.39, 0.29) is 153 Å². The van der Waals surface area contributed by atoms with Gasteiger partial charge < -0.3 is 73.3 Å². The number of carbonyl (C=O) groups excluding carboxylic acids is 16. The van der Waals surface area contributed by atoms with Gasteiger partial charge in [-0.05, 0) is 182 Å². The number of ketones is 2. The van der Waals surface area contributed by atoms with Gasteiger partial charge in [0.05, 0.1) is 61.2 Å². The number of ether oxygens (including phenoxy) is 9. The van der Waals surface area contributed by atoms with Crippen molar-refractivity contribution in [3.05, 3.63) is 223 Å². The predicted molar refractivity (Wildman–Crippen MR) is 475 cm³/mol. The second-order valence-corrected chi connectivity index (χ2v) is 42.0. The molecule has 8 aromatic rings. The second-order valence-electron chi connectivity index (χ2n) is 24.7. The Hall–Kier alpha value is -12.7. The third kappa shape index (κ3) is 40.0. The standard InChI is InChI=1S/C29H18O11.C11H9ClO5.C11H10O6.C11H14O3.C9H3ClO4.C7H6O4.C4H10.3C2H6.Cl5P/c1-2-3-4-22(30)21-13-16(37-24(31)14-5-8-17-19(11-14)28(35)39-26(17)33)7-10-23(21)38-25(32)15-6-9-18-20(12-15)29(36)40-27(18)34;1-6(13)16-8-3-4-10(17-7(2)14)9(5-8)11(12)15;1-6(12)16-8-3-4-10(17-7(2)13)9(5-8)11(14)15;1-2-3-4-10(13)9-7-8(12)5-6-11(9)14;10-7(11)4-1-2-5-6(3-4)9(13)14-8(5)12;8-4-1-2-6(9)5(3-4)7(10)11;1-3-4-2;3*1-2;1-6(2,3,4)5/h5-13H,2-4H2,1H3;3-5H,1-2H3;3-5H,1-2H3,(H,14,15);5-7,12,14H,2-4H2,1H3;1-3H;1-3,8-9H,(H,10,11);3-4H2,1-2H3;3*1-2H3;. The third-order valence-corrected chi connectivity index (χ3v) is 15.6. The summed E-state index contributed by atoms with van der Waals surface area (Å²) in [4.78, 5) is 205. The number of carboxylic acid groups (broad SMARTS) is 2. The molecular formula is C88H88Cl7O33P. The van der Waals surface area contributed by atoms with Crippen molar-refractivity contribution in [1.82, 2.24) is 0 Å². The first-order valence-corrected chi connectivity index (χ1v) is 45.9. The predicted octanol–water partition coefficient (Wildman–Crippen LogP) is 21.1. The maximum atomic E-state index is 13.0. The number of phenolic OH excluding ortho intramolecular Hbond substituents is 3. The van der Waals surface area contributed by atoms with E-state index in [1.807, 2.05) is 55.4 Å². The van der Waals surface area contributed by atoms with Gasteiger partial charge in [0.15, 0.2) is 11.6 Å². The molecule has 0 saturated heterocycles. The number of carbonyl (C=O) groups is 18. The van der Waals surface area contributed by atoms with Crippen molar-refractivity contribution in [3.63, 3.8) is 0 Å². The molecule has 6 N–H and O–H groups in total. The number of benzene rings is 8. The molecule has 3 aliphatic heterocycles. The minimum Gasteiger partial charge on any atom is -0.508 e. The fraction of sp³-hybridized carbons (Fsp3) is 0.250. The second kappa shape index (κ2) is 55.8. The molecular weight excluding hydrogens is 1860 g/mol. The molecule has 0 aromatic heterocycles. The zero-order chi connectivity index (χ0) is 98.7. The van der Waals surface area contributed by atoms with E-state index in [0.29, 0.717) is 12.8 Å². The van der Waals surface area contributed by atoms with Crippen LogP contribution in [0, 0.1) is 0 Å². The number of esters is 12. The number of halogens is 7. The molecule has 3 aliphatic rings. The van der Waals surface area contributed by atoms with Crippen molar-refractivity contribution < 1.29 is 160 Å². The Morgan fingerprint density at radius 3 is 0.946 bits per heavy atom. The van der Waals surface area contributed by atoms with Crippen LogP contribution in [0.15, 0.2) is 146 Å². The van der Waals surface area contributed by atoms with Gasteiger partial charge in [-0.3, -0.25) is 38.4 Å². The quantitative estimate of drug-likeness (QED) is 0.00569. The third-order valence-electron chi connectivity index (χ3n) is 15.2. The van der Waals surface area contributed by atoms with E-state index in [4.69, 9.17) is 133 Å². The smallest absolute Gasteiger partial charge is 0.346 e. The summed E-state index contributed by atoms with van der Waals surface area (Å²) in [5.74, 6) is -12.5. The van der Waals surface area contributed by atoms with E-state index in [1.54, 1.807) is 0 Å². The summed E-state index contributed by atoms with van der Waals surface area (Å²) in [5, 5.41) is 52.1. The van der Waals surface area contributed by atoms with E-state index >= 15 is 0 Å². The molecule has 0 saturated carbocycles. The van der Waals surface area contributed by atoms with Crippen LogP contribution in [0.2, 0.25) is 0 Å². The van der Waals surface area contributed by atoms with Gasteiger partial charge in [-0.25, -0.2) is 47.9 Å². The topological polar surface area (TPSA) is 512 Å². The van der Waals surface area contributed by atoms with Gasteiger partial charge >= 0.3 is 143 Å². The number of fused-ring (bicyclic) bond motifs is 3. The van der Waals surface area contributed by atoms with Crippen molar-refractivity contribution in [3.8, 4) is 57.5 Å². The first kappa shape index (κ1) is 114. The molecule has 0 unspecified atom stereocenters. The number of rotatable bonds is 21. The van der Waals surface area contributed by atoms with Crippen LogP contribution in [-0.2, 0) is 33.4 Å².